The molecule has 19 heavy (non-hydrogen) atoms. The SMILES string of the molecule is CCOC(=O)CC1C(=O)NCC[NH+]1Cc1ccoc1. The number of hydrogen-bond acceptors (Lipinski definition) is 4. The Balaban J connectivity index is 2.01. The van der Waals surface area contributed by atoms with E-state index in [1.165, 1.54) is 0 Å². The number of piperazine rings is 1. The van der Waals surface area contributed by atoms with Crippen molar-refractivity contribution in [3.63, 3.8) is 0 Å². The lowest BCUT2D eigenvalue weighted by Crippen LogP contribution is -3.18. The summed E-state index contributed by atoms with van der Waals surface area (Å²) in [7, 11) is 0. The molecule has 1 aromatic heterocycles. The van der Waals surface area contributed by atoms with Crippen LogP contribution in [0.1, 0.15) is 18.9 Å². The van der Waals surface area contributed by atoms with Crippen molar-refractivity contribution in [2.75, 3.05) is 19.7 Å². The number of quaternary nitrogens is 1. The van der Waals surface area contributed by atoms with Crippen LogP contribution in [0.25, 0.3) is 0 Å². The third-order valence-corrected chi connectivity index (χ3v) is 3.24. The Bertz CT molecular complexity index is 430. The second-order valence-corrected chi connectivity index (χ2v) is 4.57. The van der Waals surface area contributed by atoms with Gasteiger partial charge in [0.2, 0.25) is 0 Å². The molecule has 0 radical (unpaired) electrons. The maximum Gasteiger partial charge on any atom is 0.312 e. The van der Waals surface area contributed by atoms with Crippen molar-refractivity contribution in [2.24, 2.45) is 0 Å². The van der Waals surface area contributed by atoms with Crippen LogP contribution in [0.3, 0.4) is 0 Å². The number of esters is 1. The maximum atomic E-state index is 11.9. The average Bonchev–Trinajstić information content (AvgIpc) is 2.87. The van der Waals surface area contributed by atoms with E-state index >= 15 is 0 Å². The summed E-state index contributed by atoms with van der Waals surface area (Å²) in [5.74, 6) is -0.410. The van der Waals surface area contributed by atoms with E-state index in [1.54, 1.807) is 19.5 Å². The standard InChI is InChI=1S/C13H18N2O4/c1-2-19-12(16)7-11-13(17)14-4-5-15(11)8-10-3-6-18-9-10/h3,6,9,11H,2,4-5,7-8H2,1H3,(H,14,17)/p+1. The average molecular weight is 267 g/mol. The second-order valence-electron chi connectivity index (χ2n) is 4.57. The van der Waals surface area contributed by atoms with Crippen LogP contribution in [0.15, 0.2) is 23.0 Å². The molecule has 0 aromatic carbocycles. The molecule has 0 spiro atoms. The zero-order valence-corrected chi connectivity index (χ0v) is 11.0. The van der Waals surface area contributed by atoms with Gasteiger partial charge in [0.15, 0.2) is 6.04 Å². The largest absolute Gasteiger partial charge is 0.472 e. The van der Waals surface area contributed by atoms with E-state index < -0.39 is 0 Å². The molecule has 0 saturated carbocycles. The molecule has 2 atom stereocenters. The number of rotatable bonds is 5. The van der Waals surface area contributed by atoms with Gasteiger partial charge in [0.05, 0.1) is 32.2 Å². The van der Waals surface area contributed by atoms with Crippen LogP contribution in [0.4, 0.5) is 0 Å². The Kier molecular flexibility index (Phi) is 4.57. The summed E-state index contributed by atoms with van der Waals surface area (Å²) >= 11 is 0. The molecule has 1 fully saturated rings. The van der Waals surface area contributed by atoms with Crippen molar-refractivity contribution < 1.29 is 23.6 Å². The normalized spacial score (nSPS) is 22.9. The summed E-state index contributed by atoms with van der Waals surface area (Å²) in [4.78, 5) is 24.5. The molecule has 6 heteroatoms. The van der Waals surface area contributed by atoms with Crippen LogP contribution < -0.4 is 10.2 Å². The predicted molar refractivity (Wildman–Crippen MR) is 66.3 cm³/mol. The van der Waals surface area contributed by atoms with Gasteiger partial charge in [-0.15, -0.1) is 0 Å². The van der Waals surface area contributed by atoms with E-state index in [1.807, 2.05) is 6.07 Å². The number of furan rings is 1. The van der Waals surface area contributed by atoms with Gasteiger partial charge in [0.1, 0.15) is 13.0 Å². The molecule has 1 saturated heterocycles. The van der Waals surface area contributed by atoms with E-state index in [2.05, 4.69) is 5.32 Å². The highest BCUT2D eigenvalue weighted by molar-refractivity contribution is 5.85. The fourth-order valence-electron chi connectivity index (χ4n) is 2.32. The highest BCUT2D eigenvalue weighted by Gasteiger charge is 2.35. The Hall–Kier alpha value is -1.82. The van der Waals surface area contributed by atoms with Crippen LogP contribution >= 0.6 is 0 Å². The van der Waals surface area contributed by atoms with Gasteiger partial charge in [-0.25, -0.2) is 0 Å². The molecule has 0 aliphatic carbocycles. The third kappa shape index (κ3) is 3.57. The summed E-state index contributed by atoms with van der Waals surface area (Å²) in [6.07, 6.45) is 3.40. The smallest absolute Gasteiger partial charge is 0.312 e. The fraction of sp³-hybridized carbons (Fsp3) is 0.538. The Labute approximate surface area is 111 Å². The van der Waals surface area contributed by atoms with E-state index in [-0.39, 0.29) is 24.3 Å². The van der Waals surface area contributed by atoms with E-state index in [0.717, 1.165) is 17.0 Å². The molecule has 1 aromatic rings. The van der Waals surface area contributed by atoms with Crippen LogP contribution in [0.2, 0.25) is 0 Å². The lowest BCUT2D eigenvalue weighted by molar-refractivity contribution is -0.930. The number of ether oxygens (including phenoxy) is 1. The zero-order chi connectivity index (χ0) is 13.7. The Morgan fingerprint density at radius 1 is 1.63 bits per heavy atom. The van der Waals surface area contributed by atoms with Crippen molar-refractivity contribution >= 4 is 11.9 Å². The first kappa shape index (κ1) is 13.6. The Morgan fingerprint density at radius 2 is 2.47 bits per heavy atom. The second kappa shape index (κ2) is 6.38. The topological polar surface area (TPSA) is 73.0 Å². The van der Waals surface area contributed by atoms with Gasteiger partial charge < -0.3 is 19.4 Å². The molecule has 2 unspecified atom stereocenters. The van der Waals surface area contributed by atoms with Gasteiger partial charge in [-0.1, -0.05) is 0 Å². The summed E-state index contributed by atoms with van der Waals surface area (Å²) in [5.41, 5.74) is 1.03. The summed E-state index contributed by atoms with van der Waals surface area (Å²) in [6.45, 7) is 4.19. The van der Waals surface area contributed by atoms with Crippen molar-refractivity contribution in [1.29, 1.82) is 0 Å². The minimum Gasteiger partial charge on any atom is -0.472 e. The van der Waals surface area contributed by atoms with Crippen LogP contribution in [-0.4, -0.2) is 37.6 Å². The van der Waals surface area contributed by atoms with E-state index in [0.29, 0.717) is 19.7 Å². The minimum absolute atomic E-state index is 0.0854. The minimum atomic E-state index is -0.386. The van der Waals surface area contributed by atoms with Crippen molar-refractivity contribution in [3.05, 3.63) is 24.2 Å². The molecule has 1 aliphatic rings. The van der Waals surface area contributed by atoms with Gasteiger partial charge in [0, 0.05) is 5.56 Å². The van der Waals surface area contributed by atoms with Gasteiger partial charge in [-0.05, 0) is 13.0 Å². The number of nitrogens with one attached hydrogen (secondary N) is 2. The molecule has 2 rings (SSSR count). The molecular weight excluding hydrogens is 248 g/mol. The molecule has 1 aliphatic heterocycles. The van der Waals surface area contributed by atoms with Gasteiger partial charge >= 0.3 is 5.97 Å². The first-order chi connectivity index (χ1) is 9.20. The molecule has 2 heterocycles. The lowest BCUT2D eigenvalue weighted by Gasteiger charge is -2.31. The van der Waals surface area contributed by atoms with Crippen molar-refractivity contribution in [3.8, 4) is 0 Å². The van der Waals surface area contributed by atoms with E-state index in [4.69, 9.17) is 9.15 Å². The first-order valence-corrected chi connectivity index (χ1v) is 6.49. The number of hydrogen-bond donors (Lipinski definition) is 2. The number of amides is 1. The molecule has 6 nitrogen and oxygen atoms in total. The first-order valence-electron chi connectivity index (χ1n) is 6.49. The number of carbonyl (C=O) groups excluding carboxylic acids is 2. The summed E-state index contributed by atoms with van der Waals surface area (Å²) < 4.78 is 9.96. The van der Waals surface area contributed by atoms with Crippen molar-refractivity contribution in [1.82, 2.24) is 5.32 Å². The van der Waals surface area contributed by atoms with Crippen LogP contribution in [0, 0.1) is 0 Å². The highest BCUT2D eigenvalue weighted by atomic mass is 16.5. The molecule has 104 valence electrons. The zero-order valence-electron chi connectivity index (χ0n) is 11.0. The van der Waals surface area contributed by atoms with Gasteiger partial charge in [0.25, 0.3) is 5.91 Å². The third-order valence-electron chi connectivity index (χ3n) is 3.24. The highest BCUT2D eigenvalue weighted by Crippen LogP contribution is 2.00. The van der Waals surface area contributed by atoms with E-state index in [9.17, 15) is 9.59 Å². The molecule has 1 amide bonds. The van der Waals surface area contributed by atoms with Crippen LogP contribution in [-0.2, 0) is 20.9 Å². The maximum absolute atomic E-state index is 11.9. The molecule has 2 N–H and O–H groups in total. The Morgan fingerprint density at radius 3 is 3.16 bits per heavy atom. The van der Waals surface area contributed by atoms with Gasteiger partial charge in [-0.2, -0.15) is 0 Å². The van der Waals surface area contributed by atoms with Crippen LogP contribution in [0.5, 0.6) is 0 Å². The lowest BCUT2D eigenvalue weighted by atomic mass is 10.1. The quantitative estimate of drug-likeness (QED) is 0.679. The molecular formula is C13H19N2O4+. The summed E-state index contributed by atoms with van der Waals surface area (Å²) in [5, 5.41) is 2.80. The van der Waals surface area contributed by atoms with Gasteiger partial charge in [-0.3, -0.25) is 9.59 Å². The van der Waals surface area contributed by atoms with Crippen molar-refractivity contribution in [2.45, 2.75) is 25.9 Å². The monoisotopic (exact) mass is 267 g/mol. The fourth-order valence-corrected chi connectivity index (χ4v) is 2.32. The number of carbonyl (C=O) groups is 2. The summed E-state index contributed by atoms with van der Waals surface area (Å²) in [6, 6.07) is 1.49. The predicted octanol–water partition coefficient (Wildman–Crippen LogP) is -0.884. The molecule has 0 bridgehead atoms.